The van der Waals surface area contributed by atoms with Crippen molar-refractivity contribution in [1.82, 2.24) is 0 Å². The van der Waals surface area contributed by atoms with E-state index in [4.69, 9.17) is 4.74 Å². The van der Waals surface area contributed by atoms with Crippen molar-refractivity contribution in [1.29, 1.82) is 0 Å². The molecule has 1 aromatic carbocycles. The number of nitro benzene ring substituents is 1. The minimum absolute atomic E-state index is 0.0925. The zero-order chi connectivity index (χ0) is 15.4. The number of hydrogen-bond donors (Lipinski definition) is 0. The topological polar surface area (TPSA) is 72.7 Å². The van der Waals surface area contributed by atoms with Crippen molar-refractivity contribution >= 4 is 17.3 Å². The number of nitrogens with zero attached hydrogens (tertiary/aromatic N) is 2. The molecule has 0 saturated carbocycles. The van der Waals surface area contributed by atoms with E-state index >= 15 is 0 Å². The zero-order valence-electron chi connectivity index (χ0n) is 12.4. The molecular weight excluding hydrogens is 272 g/mol. The lowest BCUT2D eigenvalue weighted by Crippen LogP contribution is -2.37. The molecule has 0 aromatic heterocycles. The van der Waals surface area contributed by atoms with Gasteiger partial charge in [0, 0.05) is 18.7 Å². The molecule has 2 rings (SSSR count). The number of rotatable bonds is 4. The number of nitro groups is 1. The summed E-state index contributed by atoms with van der Waals surface area (Å²) in [4.78, 5) is 24.6. The van der Waals surface area contributed by atoms with Crippen LogP contribution in [0.1, 0.15) is 25.3 Å². The smallest absolute Gasteiger partial charge is 0.309 e. The lowest BCUT2D eigenvalue weighted by Gasteiger charge is -2.32. The van der Waals surface area contributed by atoms with Crippen molar-refractivity contribution in [2.45, 2.75) is 26.7 Å². The second-order valence-electron chi connectivity index (χ2n) is 5.21. The summed E-state index contributed by atoms with van der Waals surface area (Å²) in [5.74, 6) is -0.249. The molecule has 0 unspecified atom stereocenters. The molecule has 1 aliphatic heterocycles. The number of aryl methyl sites for hydroxylation is 1. The normalized spacial score (nSPS) is 15.8. The first-order valence-corrected chi connectivity index (χ1v) is 7.20. The van der Waals surface area contributed by atoms with Gasteiger partial charge in [-0.25, -0.2) is 0 Å². The summed E-state index contributed by atoms with van der Waals surface area (Å²) >= 11 is 0. The Morgan fingerprint density at radius 2 is 2.10 bits per heavy atom. The second-order valence-corrected chi connectivity index (χ2v) is 5.21. The van der Waals surface area contributed by atoms with Crippen LogP contribution >= 0.6 is 0 Å². The minimum Gasteiger partial charge on any atom is -0.466 e. The Balaban J connectivity index is 2.11. The van der Waals surface area contributed by atoms with Gasteiger partial charge in [-0.2, -0.15) is 0 Å². The maximum atomic E-state index is 11.7. The quantitative estimate of drug-likeness (QED) is 0.484. The lowest BCUT2D eigenvalue weighted by atomic mass is 9.96. The summed E-state index contributed by atoms with van der Waals surface area (Å²) in [5.41, 5.74) is 1.46. The highest BCUT2D eigenvalue weighted by molar-refractivity contribution is 5.73. The summed E-state index contributed by atoms with van der Waals surface area (Å²) < 4.78 is 5.04. The summed E-state index contributed by atoms with van der Waals surface area (Å²) in [7, 11) is 0. The van der Waals surface area contributed by atoms with Crippen LogP contribution in [0.25, 0.3) is 0 Å². The summed E-state index contributed by atoms with van der Waals surface area (Å²) in [5, 5.41) is 11.2. The van der Waals surface area contributed by atoms with E-state index in [1.54, 1.807) is 26.0 Å². The highest BCUT2D eigenvalue weighted by atomic mass is 16.6. The Bertz CT molecular complexity index is 536. The number of carbonyl (C=O) groups is 1. The number of esters is 1. The van der Waals surface area contributed by atoms with Crippen LogP contribution in [-0.2, 0) is 9.53 Å². The van der Waals surface area contributed by atoms with Gasteiger partial charge in [0.25, 0.3) is 5.69 Å². The monoisotopic (exact) mass is 292 g/mol. The number of benzene rings is 1. The molecule has 0 bridgehead atoms. The molecule has 0 radical (unpaired) electrons. The lowest BCUT2D eigenvalue weighted by molar-refractivity contribution is -0.384. The van der Waals surface area contributed by atoms with E-state index in [2.05, 4.69) is 0 Å². The van der Waals surface area contributed by atoms with Gasteiger partial charge in [0.2, 0.25) is 0 Å². The molecule has 0 atom stereocenters. The zero-order valence-corrected chi connectivity index (χ0v) is 12.4. The third-order valence-corrected chi connectivity index (χ3v) is 3.85. The minimum atomic E-state index is -0.331. The van der Waals surface area contributed by atoms with Gasteiger partial charge in [0.05, 0.1) is 17.4 Å². The first-order chi connectivity index (χ1) is 10.0. The van der Waals surface area contributed by atoms with Gasteiger partial charge < -0.3 is 9.64 Å². The third kappa shape index (κ3) is 3.32. The maximum Gasteiger partial charge on any atom is 0.309 e. The fourth-order valence-corrected chi connectivity index (χ4v) is 2.75. The van der Waals surface area contributed by atoms with Crippen molar-refractivity contribution in [3.63, 3.8) is 0 Å². The molecule has 21 heavy (non-hydrogen) atoms. The largest absolute Gasteiger partial charge is 0.466 e. The maximum absolute atomic E-state index is 11.7. The first-order valence-electron chi connectivity index (χ1n) is 7.20. The molecule has 6 heteroatoms. The summed E-state index contributed by atoms with van der Waals surface area (Å²) in [6.07, 6.45) is 1.34. The number of hydrogen-bond acceptors (Lipinski definition) is 5. The average molecular weight is 292 g/mol. The van der Waals surface area contributed by atoms with Gasteiger partial charge in [-0.3, -0.25) is 14.9 Å². The average Bonchev–Trinajstić information content (AvgIpc) is 2.47. The molecule has 1 saturated heterocycles. The van der Waals surface area contributed by atoms with Crippen molar-refractivity contribution < 1.29 is 14.5 Å². The van der Waals surface area contributed by atoms with E-state index in [0.717, 1.165) is 0 Å². The molecular formula is C15H20N2O4. The van der Waals surface area contributed by atoms with E-state index in [1.807, 2.05) is 11.0 Å². The van der Waals surface area contributed by atoms with Crippen LogP contribution < -0.4 is 4.90 Å². The van der Waals surface area contributed by atoms with Crippen molar-refractivity contribution in [3.05, 3.63) is 33.9 Å². The Kier molecular flexibility index (Phi) is 4.77. The van der Waals surface area contributed by atoms with Gasteiger partial charge in [-0.1, -0.05) is 12.1 Å². The van der Waals surface area contributed by atoms with Crippen molar-refractivity contribution in [2.24, 2.45) is 5.92 Å². The van der Waals surface area contributed by atoms with Crippen LogP contribution in [0.3, 0.4) is 0 Å². The van der Waals surface area contributed by atoms with E-state index in [1.165, 1.54) is 0 Å². The molecule has 1 aliphatic rings. The van der Waals surface area contributed by atoms with E-state index in [9.17, 15) is 14.9 Å². The third-order valence-electron chi connectivity index (χ3n) is 3.85. The fourth-order valence-electron chi connectivity index (χ4n) is 2.75. The molecule has 1 aromatic rings. The molecule has 0 amide bonds. The molecule has 0 spiro atoms. The number of piperidine rings is 1. The fraction of sp³-hybridized carbons (Fsp3) is 0.533. The van der Waals surface area contributed by atoms with Gasteiger partial charge in [-0.15, -0.1) is 0 Å². The number of anilines is 1. The van der Waals surface area contributed by atoms with Crippen LogP contribution in [0.15, 0.2) is 18.2 Å². The molecule has 0 aliphatic carbocycles. The van der Waals surface area contributed by atoms with Crippen molar-refractivity contribution in [2.75, 3.05) is 24.6 Å². The molecule has 6 nitrogen and oxygen atoms in total. The van der Waals surface area contributed by atoms with Gasteiger partial charge in [-0.05, 0) is 32.8 Å². The highest BCUT2D eigenvalue weighted by Gasteiger charge is 2.29. The molecule has 114 valence electrons. The summed E-state index contributed by atoms with van der Waals surface area (Å²) in [6, 6.07) is 5.35. The predicted molar refractivity (Wildman–Crippen MR) is 79.4 cm³/mol. The standard InChI is InChI=1S/C15H20N2O4/c1-3-21-15(18)12-7-9-16(10-8-12)13-6-4-5-11(2)14(13)17(19)20/h4-6,12H,3,7-10H2,1-2H3. The number of para-hydroxylation sites is 1. The van der Waals surface area contributed by atoms with Crippen LogP contribution in [0.5, 0.6) is 0 Å². The number of ether oxygens (including phenoxy) is 1. The first kappa shape index (κ1) is 15.3. The SMILES string of the molecule is CCOC(=O)C1CCN(c2cccc(C)c2[N+](=O)[O-])CC1. The Morgan fingerprint density at radius 3 is 2.67 bits per heavy atom. The van der Waals surface area contributed by atoms with Gasteiger partial charge >= 0.3 is 5.97 Å². The molecule has 1 heterocycles. The Hall–Kier alpha value is -2.11. The van der Waals surface area contributed by atoms with Gasteiger partial charge in [0.1, 0.15) is 5.69 Å². The molecule has 1 fully saturated rings. The van der Waals surface area contributed by atoms with Gasteiger partial charge in [0.15, 0.2) is 0 Å². The number of carbonyl (C=O) groups excluding carboxylic acids is 1. The summed E-state index contributed by atoms with van der Waals surface area (Å²) in [6.45, 7) is 5.19. The van der Waals surface area contributed by atoms with Crippen LogP contribution in [0.4, 0.5) is 11.4 Å². The van der Waals surface area contributed by atoms with E-state index in [-0.39, 0.29) is 22.5 Å². The van der Waals surface area contributed by atoms with E-state index in [0.29, 0.717) is 43.8 Å². The molecule has 0 N–H and O–H groups in total. The van der Waals surface area contributed by atoms with Crippen LogP contribution in [0.2, 0.25) is 0 Å². The highest BCUT2D eigenvalue weighted by Crippen LogP contribution is 2.34. The Labute approximate surface area is 123 Å². The van der Waals surface area contributed by atoms with Crippen LogP contribution in [-0.4, -0.2) is 30.6 Å². The van der Waals surface area contributed by atoms with Crippen LogP contribution in [0, 0.1) is 23.0 Å². The second kappa shape index (κ2) is 6.56. The van der Waals surface area contributed by atoms with Crippen molar-refractivity contribution in [3.8, 4) is 0 Å². The predicted octanol–water partition coefficient (Wildman–Crippen LogP) is 2.68. The Morgan fingerprint density at radius 1 is 1.43 bits per heavy atom. The van der Waals surface area contributed by atoms with E-state index < -0.39 is 0 Å².